The highest BCUT2D eigenvalue weighted by atomic mass is 16.5. The first-order valence-electron chi connectivity index (χ1n) is 12.2. The molecule has 2 heterocycles. The molecule has 0 saturated carbocycles. The van der Waals surface area contributed by atoms with Gasteiger partial charge in [-0.1, -0.05) is 13.0 Å². The lowest BCUT2D eigenvalue weighted by molar-refractivity contribution is -0.149. The van der Waals surface area contributed by atoms with Gasteiger partial charge in [0.2, 0.25) is 5.89 Å². The largest absolute Gasteiger partial charge is 0.497 e. The molecule has 1 saturated heterocycles. The number of rotatable bonds is 11. The van der Waals surface area contributed by atoms with Crippen LogP contribution in [0, 0.1) is 5.92 Å². The molecule has 9 heteroatoms. The lowest BCUT2D eigenvalue weighted by Crippen LogP contribution is -2.40. The summed E-state index contributed by atoms with van der Waals surface area (Å²) in [5.74, 6) is 1.49. The molecule has 3 rings (SSSR count). The maximum Gasteiger partial charge on any atom is 0.309 e. The van der Waals surface area contributed by atoms with E-state index in [9.17, 15) is 9.59 Å². The first-order valence-corrected chi connectivity index (χ1v) is 12.2. The minimum absolute atomic E-state index is 0.147. The molecule has 0 N–H and O–H groups in total. The Balaban J connectivity index is 1.65. The smallest absolute Gasteiger partial charge is 0.309 e. The predicted octanol–water partition coefficient (Wildman–Crippen LogP) is 3.91. The van der Waals surface area contributed by atoms with E-state index in [4.69, 9.17) is 18.6 Å². The van der Waals surface area contributed by atoms with Crippen LogP contribution in [0.4, 0.5) is 0 Å². The maximum absolute atomic E-state index is 13.0. The fourth-order valence-electron chi connectivity index (χ4n) is 4.22. The van der Waals surface area contributed by atoms with E-state index in [1.807, 2.05) is 18.2 Å². The van der Waals surface area contributed by atoms with Crippen LogP contribution in [0.2, 0.25) is 0 Å². The SMILES string of the molecule is CCOC(=O)C1CCN(C(=O)c2coc(CN(Cc3ccc(OC)cc3OC)C(C)CC)n2)CC1. The molecule has 1 fully saturated rings. The van der Waals surface area contributed by atoms with Crippen molar-refractivity contribution in [1.82, 2.24) is 14.8 Å². The van der Waals surface area contributed by atoms with Crippen molar-refractivity contribution in [3.8, 4) is 11.5 Å². The van der Waals surface area contributed by atoms with Crippen LogP contribution in [0.1, 0.15) is 62.0 Å². The van der Waals surface area contributed by atoms with Crippen molar-refractivity contribution < 1.29 is 28.2 Å². The van der Waals surface area contributed by atoms with Crippen LogP contribution in [0.3, 0.4) is 0 Å². The molecule has 1 aliphatic heterocycles. The number of ether oxygens (including phenoxy) is 3. The molecule has 0 bridgehead atoms. The van der Waals surface area contributed by atoms with E-state index in [1.165, 1.54) is 6.26 Å². The normalized spacial score (nSPS) is 15.2. The van der Waals surface area contributed by atoms with Crippen LogP contribution in [0.25, 0.3) is 0 Å². The van der Waals surface area contributed by atoms with E-state index >= 15 is 0 Å². The lowest BCUT2D eigenvalue weighted by atomic mass is 9.97. The zero-order valence-corrected chi connectivity index (χ0v) is 21.4. The van der Waals surface area contributed by atoms with Crippen LogP contribution in [0.15, 0.2) is 28.9 Å². The zero-order chi connectivity index (χ0) is 25.4. The molecule has 0 aliphatic carbocycles. The molecule has 1 aromatic carbocycles. The third-order valence-electron chi connectivity index (χ3n) is 6.59. The average molecular weight is 488 g/mol. The fourth-order valence-corrected chi connectivity index (χ4v) is 4.22. The van der Waals surface area contributed by atoms with Gasteiger partial charge >= 0.3 is 5.97 Å². The topological polar surface area (TPSA) is 94.3 Å². The van der Waals surface area contributed by atoms with Crippen molar-refractivity contribution in [2.75, 3.05) is 33.9 Å². The van der Waals surface area contributed by atoms with Gasteiger partial charge in [-0.2, -0.15) is 0 Å². The number of aromatic nitrogens is 1. The van der Waals surface area contributed by atoms with Gasteiger partial charge in [-0.25, -0.2) is 4.98 Å². The number of oxazole rings is 1. The van der Waals surface area contributed by atoms with E-state index in [0.29, 0.717) is 57.2 Å². The minimum atomic E-state index is -0.179. The molecule has 2 aromatic rings. The Hall–Kier alpha value is -3.07. The third-order valence-corrected chi connectivity index (χ3v) is 6.59. The molecule has 1 atom stereocenters. The number of likely N-dealkylation sites (tertiary alicyclic amines) is 1. The number of methoxy groups -OCH3 is 2. The number of carbonyl (C=O) groups excluding carboxylic acids is 2. The summed E-state index contributed by atoms with van der Waals surface area (Å²) in [5.41, 5.74) is 1.32. The van der Waals surface area contributed by atoms with E-state index in [0.717, 1.165) is 23.5 Å². The van der Waals surface area contributed by atoms with Gasteiger partial charge < -0.3 is 23.5 Å². The van der Waals surface area contributed by atoms with Gasteiger partial charge in [0.05, 0.1) is 33.3 Å². The Morgan fingerprint density at radius 3 is 2.54 bits per heavy atom. The van der Waals surface area contributed by atoms with Gasteiger partial charge in [-0.15, -0.1) is 0 Å². The van der Waals surface area contributed by atoms with E-state index in [-0.39, 0.29) is 23.8 Å². The molecular weight excluding hydrogens is 450 g/mol. The molecule has 192 valence electrons. The Morgan fingerprint density at radius 2 is 1.91 bits per heavy atom. The van der Waals surface area contributed by atoms with Gasteiger partial charge in [0.1, 0.15) is 17.8 Å². The number of hydrogen-bond acceptors (Lipinski definition) is 8. The van der Waals surface area contributed by atoms with Crippen LogP contribution in [-0.2, 0) is 22.6 Å². The second kappa shape index (κ2) is 12.6. The summed E-state index contributed by atoms with van der Waals surface area (Å²) in [5, 5.41) is 0. The Morgan fingerprint density at radius 1 is 1.17 bits per heavy atom. The third kappa shape index (κ3) is 6.75. The second-order valence-corrected chi connectivity index (χ2v) is 8.79. The van der Waals surface area contributed by atoms with Crippen molar-refractivity contribution in [3.63, 3.8) is 0 Å². The summed E-state index contributed by atoms with van der Waals surface area (Å²) >= 11 is 0. The number of benzene rings is 1. The monoisotopic (exact) mass is 487 g/mol. The highest BCUT2D eigenvalue weighted by molar-refractivity contribution is 5.92. The fraction of sp³-hybridized carbons (Fsp3) is 0.577. The molecular formula is C26H37N3O6. The standard InChI is InChI=1S/C26H37N3O6/c1-6-18(3)29(15-20-8-9-21(32-4)14-23(20)33-5)16-24-27-22(17-35-24)25(30)28-12-10-19(11-13-28)26(31)34-7-2/h8-9,14,17-19H,6-7,10-13,15-16H2,1-5H3. The molecule has 1 unspecified atom stereocenters. The van der Waals surface area contributed by atoms with E-state index < -0.39 is 0 Å². The van der Waals surface area contributed by atoms with Crippen LogP contribution in [-0.4, -0.2) is 66.6 Å². The summed E-state index contributed by atoms with van der Waals surface area (Å²) in [4.78, 5) is 33.4. The first-order chi connectivity index (χ1) is 16.9. The second-order valence-electron chi connectivity index (χ2n) is 8.79. The highest BCUT2D eigenvalue weighted by Crippen LogP contribution is 2.27. The number of nitrogens with zero attached hydrogens (tertiary/aromatic N) is 3. The molecule has 0 radical (unpaired) electrons. The Bertz CT molecular complexity index is 983. The van der Waals surface area contributed by atoms with Gasteiger partial charge in [0.25, 0.3) is 5.91 Å². The minimum Gasteiger partial charge on any atom is -0.497 e. The van der Waals surface area contributed by atoms with Gasteiger partial charge in [0, 0.05) is 37.3 Å². The average Bonchev–Trinajstić information content (AvgIpc) is 3.36. The number of amides is 1. The predicted molar refractivity (Wildman–Crippen MR) is 130 cm³/mol. The highest BCUT2D eigenvalue weighted by Gasteiger charge is 2.30. The summed E-state index contributed by atoms with van der Waals surface area (Å²) in [7, 11) is 3.28. The molecule has 1 amide bonds. The lowest BCUT2D eigenvalue weighted by Gasteiger charge is -2.30. The van der Waals surface area contributed by atoms with Crippen molar-refractivity contribution >= 4 is 11.9 Å². The zero-order valence-electron chi connectivity index (χ0n) is 21.4. The van der Waals surface area contributed by atoms with Crippen LogP contribution >= 0.6 is 0 Å². The van der Waals surface area contributed by atoms with Crippen molar-refractivity contribution in [3.05, 3.63) is 41.6 Å². The van der Waals surface area contributed by atoms with E-state index in [2.05, 4.69) is 23.7 Å². The molecule has 1 aliphatic rings. The van der Waals surface area contributed by atoms with Crippen molar-refractivity contribution in [1.29, 1.82) is 0 Å². The number of esters is 1. The van der Waals surface area contributed by atoms with E-state index in [1.54, 1.807) is 26.0 Å². The Kier molecular flexibility index (Phi) is 9.54. The summed E-state index contributed by atoms with van der Waals surface area (Å²) < 4.78 is 21.7. The molecule has 0 spiro atoms. The first kappa shape index (κ1) is 26.5. The van der Waals surface area contributed by atoms with Crippen LogP contribution in [0.5, 0.6) is 11.5 Å². The molecule has 1 aromatic heterocycles. The van der Waals surface area contributed by atoms with Crippen molar-refractivity contribution in [2.45, 2.75) is 59.2 Å². The maximum atomic E-state index is 13.0. The van der Waals surface area contributed by atoms with Gasteiger partial charge in [-0.3, -0.25) is 14.5 Å². The summed E-state index contributed by atoms with van der Waals surface area (Å²) in [6, 6.07) is 6.05. The van der Waals surface area contributed by atoms with Gasteiger partial charge in [0.15, 0.2) is 5.69 Å². The number of hydrogen-bond donors (Lipinski definition) is 0. The van der Waals surface area contributed by atoms with Crippen molar-refractivity contribution in [2.24, 2.45) is 5.92 Å². The summed E-state index contributed by atoms with van der Waals surface area (Å²) in [6.45, 7) is 8.55. The molecule has 9 nitrogen and oxygen atoms in total. The number of piperidine rings is 1. The number of carbonyl (C=O) groups is 2. The summed E-state index contributed by atoms with van der Waals surface area (Å²) in [6.07, 6.45) is 3.57. The van der Waals surface area contributed by atoms with Crippen LogP contribution < -0.4 is 9.47 Å². The van der Waals surface area contributed by atoms with Gasteiger partial charge in [-0.05, 0) is 39.2 Å². The Labute approximate surface area is 207 Å². The molecule has 35 heavy (non-hydrogen) atoms. The quantitative estimate of drug-likeness (QED) is 0.441.